The summed E-state index contributed by atoms with van der Waals surface area (Å²) in [5.74, 6) is 0.504. The molecule has 3 aromatic rings. The second-order valence-electron chi connectivity index (χ2n) is 5.27. The fourth-order valence-corrected chi connectivity index (χ4v) is 2.67. The molecule has 0 aliphatic heterocycles. The van der Waals surface area contributed by atoms with Crippen LogP contribution in [0.4, 0.5) is 5.69 Å². The van der Waals surface area contributed by atoms with Gasteiger partial charge in [0, 0.05) is 10.2 Å². The van der Waals surface area contributed by atoms with Gasteiger partial charge < -0.3 is 10.1 Å². The van der Waals surface area contributed by atoms with Crippen molar-refractivity contribution < 1.29 is 9.53 Å². The first-order chi connectivity index (χ1) is 11.1. The number of ether oxygens (including phenoxy) is 1. The van der Waals surface area contributed by atoms with Crippen molar-refractivity contribution in [3.05, 3.63) is 71.2 Å². The van der Waals surface area contributed by atoms with Crippen molar-refractivity contribution in [2.45, 2.75) is 13.0 Å². The SMILES string of the molecule is C[C@@H](Oc1ccccc1)C(=O)Nc1ccc2cc(Br)ccc2c1. The molecule has 0 heterocycles. The van der Waals surface area contributed by atoms with E-state index in [1.54, 1.807) is 6.92 Å². The van der Waals surface area contributed by atoms with Gasteiger partial charge in [0.2, 0.25) is 0 Å². The fourth-order valence-electron chi connectivity index (χ4n) is 2.29. The Bertz CT molecular complexity index is 833. The van der Waals surface area contributed by atoms with E-state index in [2.05, 4.69) is 21.2 Å². The van der Waals surface area contributed by atoms with E-state index in [0.717, 1.165) is 20.9 Å². The lowest BCUT2D eigenvalue weighted by Gasteiger charge is -2.15. The van der Waals surface area contributed by atoms with Crippen LogP contribution < -0.4 is 10.1 Å². The van der Waals surface area contributed by atoms with E-state index >= 15 is 0 Å². The van der Waals surface area contributed by atoms with E-state index < -0.39 is 6.10 Å². The molecule has 1 amide bonds. The minimum absolute atomic E-state index is 0.176. The van der Waals surface area contributed by atoms with Gasteiger partial charge >= 0.3 is 0 Å². The summed E-state index contributed by atoms with van der Waals surface area (Å²) in [7, 11) is 0. The number of rotatable bonds is 4. The van der Waals surface area contributed by atoms with Gasteiger partial charge in [0.05, 0.1) is 0 Å². The molecule has 23 heavy (non-hydrogen) atoms. The number of hydrogen-bond donors (Lipinski definition) is 1. The van der Waals surface area contributed by atoms with Crippen molar-refractivity contribution in [2.24, 2.45) is 0 Å². The maximum atomic E-state index is 12.3. The molecule has 3 aromatic carbocycles. The van der Waals surface area contributed by atoms with Gasteiger partial charge in [-0.25, -0.2) is 0 Å². The van der Waals surface area contributed by atoms with Crippen molar-refractivity contribution in [3.8, 4) is 5.75 Å². The van der Waals surface area contributed by atoms with Crippen LogP contribution in [0.1, 0.15) is 6.92 Å². The average Bonchev–Trinajstić information content (AvgIpc) is 2.56. The van der Waals surface area contributed by atoms with Crippen LogP contribution in [0, 0.1) is 0 Å². The molecule has 0 aromatic heterocycles. The minimum atomic E-state index is -0.571. The molecular weight excluding hydrogens is 354 g/mol. The van der Waals surface area contributed by atoms with Crippen LogP contribution in [-0.4, -0.2) is 12.0 Å². The van der Waals surface area contributed by atoms with Crippen LogP contribution >= 0.6 is 15.9 Å². The monoisotopic (exact) mass is 369 g/mol. The second kappa shape index (κ2) is 6.84. The number of carbonyl (C=O) groups is 1. The average molecular weight is 370 g/mol. The highest BCUT2D eigenvalue weighted by atomic mass is 79.9. The maximum absolute atomic E-state index is 12.3. The molecule has 0 unspecified atom stereocenters. The van der Waals surface area contributed by atoms with Gasteiger partial charge in [-0.2, -0.15) is 0 Å². The van der Waals surface area contributed by atoms with Crippen molar-refractivity contribution >= 4 is 38.3 Å². The Labute approximate surface area is 143 Å². The molecule has 1 N–H and O–H groups in total. The Balaban J connectivity index is 1.70. The minimum Gasteiger partial charge on any atom is -0.481 e. The lowest BCUT2D eigenvalue weighted by molar-refractivity contribution is -0.122. The Kier molecular flexibility index (Phi) is 4.63. The molecule has 0 aliphatic carbocycles. The number of benzene rings is 3. The highest BCUT2D eigenvalue weighted by Gasteiger charge is 2.14. The van der Waals surface area contributed by atoms with Gasteiger partial charge in [-0.15, -0.1) is 0 Å². The van der Waals surface area contributed by atoms with Gasteiger partial charge in [-0.1, -0.05) is 46.3 Å². The molecule has 0 saturated carbocycles. The number of carbonyl (C=O) groups excluding carboxylic acids is 1. The van der Waals surface area contributed by atoms with Gasteiger partial charge in [-0.05, 0) is 54.1 Å². The van der Waals surface area contributed by atoms with Gasteiger partial charge in [0.15, 0.2) is 6.10 Å². The predicted molar refractivity (Wildman–Crippen MR) is 96.8 cm³/mol. The molecule has 0 saturated heterocycles. The lowest BCUT2D eigenvalue weighted by Crippen LogP contribution is -2.30. The van der Waals surface area contributed by atoms with Gasteiger partial charge in [-0.3, -0.25) is 4.79 Å². The zero-order valence-electron chi connectivity index (χ0n) is 12.6. The molecule has 0 fully saturated rings. The van der Waals surface area contributed by atoms with E-state index in [1.165, 1.54) is 0 Å². The van der Waals surface area contributed by atoms with E-state index in [1.807, 2.05) is 66.7 Å². The van der Waals surface area contributed by atoms with Crippen LogP contribution in [-0.2, 0) is 4.79 Å². The Morgan fingerprint density at radius 2 is 1.70 bits per heavy atom. The summed E-state index contributed by atoms with van der Waals surface area (Å²) in [6.07, 6.45) is -0.571. The molecule has 116 valence electrons. The normalized spacial score (nSPS) is 11.9. The van der Waals surface area contributed by atoms with Crippen LogP contribution in [0.5, 0.6) is 5.75 Å². The third-order valence-electron chi connectivity index (χ3n) is 3.50. The first-order valence-corrected chi connectivity index (χ1v) is 8.13. The summed E-state index contributed by atoms with van der Waals surface area (Å²) >= 11 is 3.46. The van der Waals surface area contributed by atoms with Gasteiger partial charge in [0.1, 0.15) is 5.75 Å². The number of nitrogens with one attached hydrogen (secondary N) is 1. The standard InChI is InChI=1S/C19H16BrNO2/c1-13(23-18-5-3-2-4-6-18)19(22)21-17-10-8-14-11-16(20)9-7-15(14)12-17/h2-13H,1H3,(H,21,22)/t13-/m1/s1. The summed E-state index contributed by atoms with van der Waals surface area (Å²) in [5, 5.41) is 5.08. The van der Waals surface area contributed by atoms with E-state index in [-0.39, 0.29) is 5.91 Å². The number of hydrogen-bond acceptors (Lipinski definition) is 2. The van der Waals surface area contributed by atoms with E-state index in [0.29, 0.717) is 5.75 Å². The molecule has 0 radical (unpaired) electrons. The van der Waals surface area contributed by atoms with E-state index in [4.69, 9.17) is 4.74 Å². The van der Waals surface area contributed by atoms with Gasteiger partial charge in [0.25, 0.3) is 5.91 Å². The zero-order chi connectivity index (χ0) is 16.2. The Hall–Kier alpha value is -2.33. The van der Waals surface area contributed by atoms with Crippen LogP contribution in [0.3, 0.4) is 0 Å². The summed E-state index contributed by atoms with van der Waals surface area (Å²) in [6.45, 7) is 1.74. The van der Waals surface area contributed by atoms with Crippen molar-refractivity contribution in [1.82, 2.24) is 0 Å². The summed E-state index contributed by atoms with van der Waals surface area (Å²) in [6, 6.07) is 21.2. The van der Waals surface area contributed by atoms with E-state index in [9.17, 15) is 4.79 Å². The molecule has 0 bridgehead atoms. The number of fused-ring (bicyclic) bond motifs is 1. The first kappa shape index (κ1) is 15.6. The number of amides is 1. The molecular formula is C19H16BrNO2. The molecule has 0 aliphatic rings. The Morgan fingerprint density at radius 3 is 2.48 bits per heavy atom. The summed E-state index contributed by atoms with van der Waals surface area (Å²) in [4.78, 5) is 12.3. The molecule has 1 atom stereocenters. The molecule has 3 rings (SSSR count). The number of para-hydroxylation sites is 1. The van der Waals surface area contributed by atoms with Crippen LogP contribution in [0.2, 0.25) is 0 Å². The number of anilines is 1. The van der Waals surface area contributed by atoms with Crippen molar-refractivity contribution in [1.29, 1.82) is 0 Å². The predicted octanol–water partition coefficient (Wildman–Crippen LogP) is 5.01. The smallest absolute Gasteiger partial charge is 0.265 e. The quantitative estimate of drug-likeness (QED) is 0.701. The van der Waals surface area contributed by atoms with Crippen LogP contribution in [0.25, 0.3) is 10.8 Å². The van der Waals surface area contributed by atoms with Crippen LogP contribution in [0.15, 0.2) is 71.2 Å². The Morgan fingerprint density at radius 1 is 1.00 bits per heavy atom. The third kappa shape index (κ3) is 3.90. The summed E-state index contributed by atoms with van der Waals surface area (Å²) < 4.78 is 6.67. The summed E-state index contributed by atoms with van der Waals surface area (Å²) in [5.41, 5.74) is 0.758. The van der Waals surface area contributed by atoms with Crippen molar-refractivity contribution in [2.75, 3.05) is 5.32 Å². The highest BCUT2D eigenvalue weighted by molar-refractivity contribution is 9.10. The topological polar surface area (TPSA) is 38.3 Å². The van der Waals surface area contributed by atoms with Crippen molar-refractivity contribution in [3.63, 3.8) is 0 Å². The largest absolute Gasteiger partial charge is 0.481 e. The second-order valence-corrected chi connectivity index (χ2v) is 6.18. The zero-order valence-corrected chi connectivity index (χ0v) is 14.2. The molecule has 4 heteroatoms. The fraction of sp³-hybridized carbons (Fsp3) is 0.105. The molecule has 3 nitrogen and oxygen atoms in total. The number of halogens is 1. The maximum Gasteiger partial charge on any atom is 0.265 e. The third-order valence-corrected chi connectivity index (χ3v) is 3.99. The lowest BCUT2D eigenvalue weighted by atomic mass is 10.1. The molecule has 0 spiro atoms. The first-order valence-electron chi connectivity index (χ1n) is 7.34. The highest BCUT2D eigenvalue weighted by Crippen LogP contribution is 2.23.